The van der Waals surface area contributed by atoms with E-state index in [0.717, 1.165) is 48.5 Å². The molecule has 0 spiro atoms. The number of carbonyl (C=O) groups excluding carboxylic acids is 1. The lowest BCUT2D eigenvalue weighted by Crippen LogP contribution is -2.38. The smallest absolute Gasteiger partial charge is 0.251 e. The van der Waals surface area contributed by atoms with Gasteiger partial charge >= 0.3 is 0 Å². The Bertz CT molecular complexity index is 971. The number of carbonyl (C=O) groups is 1. The fourth-order valence-corrected chi connectivity index (χ4v) is 4.04. The Morgan fingerprint density at radius 3 is 2.52 bits per heavy atom. The van der Waals surface area contributed by atoms with E-state index < -0.39 is 10.0 Å². The third-order valence-electron chi connectivity index (χ3n) is 5.03. The van der Waals surface area contributed by atoms with Gasteiger partial charge in [0, 0.05) is 45.8 Å². The number of hydrogen-bond acceptors (Lipinski definition) is 6. The van der Waals surface area contributed by atoms with Gasteiger partial charge in [0.1, 0.15) is 12.4 Å². The number of nitrogens with zero attached hydrogens (tertiary/aromatic N) is 2. The van der Waals surface area contributed by atoms with Gasteiger partial charge in [0.15, 0.2) is 0 Å². The number of benzene rings is 2. The SMILES string of the molecule is CN(C)S(=O)(=O)c1ccc(C(=O)NCc2cccc(OCCN3CCOCC3)c2)cc1. The van der Waals surface area contributed by atoms with Crippen molar-refractivity contribution in [1.29, 1.82) is 0 Å². The lowest BCUT2D eigenvalue weighted by Gasteiger charge is -2.26. The van der Waals surface area contributed by atoms with Crippen molar-refractivity contribution in [2.24, 2.45) is 0 Å². The number of sulfonamides is 1. The Labute approximate surface area is 183 Å². The molecule has 31 heavy (non-hydrogen) atoms. The van der Waals surface area contributed by atoms with Gasteiger partial charge in [-0.2, -0.15) is 0 Å². The van der Waals surface area contributed by atoms with Crippen LogP contribution in [0.1, 0.15) is 15.9 Å². The van der Waals surface area contributed by atoms with Crippen molar-refractivity contribution in [2.75, 3.05) is 53.6 Å². The van der Waals surface area contributed by atoms with E-state index in [-0.39, 0.29) is 10.8 Å². The van der Waals surface area contributed by atoms with E-state index in [2.05, 4.69) is 10.2 Å². The van der Waals surface area contributed by atoms with Gasteiger partial charge in [-0.05, 0) is 42.0 Å². The Balaban J connectivity index is 1.50. The van der Waals surface area contributed by atoms with Crippen LogP contribution in [0.2, 0.25) is 0 Å². The normalized spacial score (nSPS) is 15.1. The van der Waals surface area contributed by atoms with Crippen LogP contribution in [0.3, 0.4) is 0 Å². The average Bonchev–Trinajstić information content (AvgIpc) is 2.78. The van der Waals surface area contributed by atoms with Crippen LogP contribution in [0.5, 0.6) is 5.75 Å². The summed E-state index contributed by atoms with van der Waals surface area (Å²) < 4.78 is 36.6. The van der Waals surface area contributed by atoms with Gasteiger partial charge in [-0.1, -0.05) is 12.1 Å². The van der Waals surface area contributed by atoms with Crippen molar-refractivity contribution >= 4 is 15.9 Å². The lowest BCUT2D eigenvalue weighted by atomic mass is 10.2. The maximum atomic E-state index is 12.4. The highest BCUT2D eigenvalue weighted by atomic mass is 32.2. The summed E-state index contributed by atoms with van der Waals surface area (Å²) in [4.78, 5) is 14.9. The molecule has 3 rings (SSSR count). The summed E-state index contributed by atoms with van der Waals surface area (Å²) in [6, 6.07) is 13.5. The Morgan fingerprint density at radius 1 is 1.13 bits per heavy atom. The molecule has 168 valence electrons. The van der Waals surface area contributed by atoms with Crippen LogP contribution in [-0.2, 0) is 21.3 Å². The number of rotatable bonds is 9. The van der Waals surface area contributed by atoms with Gasteiger partial charge in [-0.15, -0.1) is 0 Å². The molecule has 2 aromatic rings. The van der Waals surface area contributed by atoms with Crippen molar-refractivity contribution in [3.8, 4) is 5.75 Å². The topological polar surface area (TPSA) is 88.2 Å². The third-order valence-corrected chi connectivity index (χ3v) is 6.86. The van der Waals surface area contributed by atoms with Gasteiger partial charge in [0.05, 0.1) is 18.1 Å². The molecule has 1 amide bonds. The molecule has 1 aliphatic rings. The van der Waals surface area contributed by atoms with Gasteiger partial charge in [0.2, 0.25) is 10.0 Å². The van der Waals surface area contributed by atoms with Crippen molar-refractivity contribution < 1.29 is 22.7 Å². The molecule has 0 saturated carbocycles. The molecule has 2 aromatic carbocycles. The number of hydrogen-bond donors (Lipinski definition) is 1. The van der Waals surface area contributed by atoms with E-state index in [1.807, 2.05) is 24.3 Å². The van der Waals surface area contributed by atoms with Crippen molar-refractivity contribution in [1.82, 2.24) is 14.5 Å². The van der Waals surface area contributed by atoms with Gasteiger partial charge in [-0.3, -0.25) is 9.69 Å². The van der Waals surface area contributed by atoms with E-state index in [1.54, 1.807) is 0 Å². The Hall–Kier alpha value is -2.46. The molecule has 1 saturated heterocycles. The summed E-state index contributed by atoms with van der Waals surface area (Å²) in [5.41, 5.74) is 1.32. The predicted octanol–water partition coefficient (Wildman–Crippen LogP) is 1.58. The summed E-state index contributed by atoms with van der Waals surface area (Å²) in [5, 5.41) is 2.85. The molecule has 0 atom stereocenters. The van der Waals surface area contributed by atoms with Crippen LogP contribution < -0.4 is 10.1 Å². The molecule has 0 unspecified atom stereocenters. The highest BCUT2D eigenvalue weighted by Crippen LogP contribution is 2.15. The summed E-state index contributed by atoms with van der Waals surface area (Å²) in [6.07, 6.45) is 0. The molecule has 8 nitrogen and oxygen atoms in total. The summed E-state index contributed by atoms with van der Waals surface area (Å²) in [6.45, 7) is 5.18. The molecule has 0 radical (unpaired) electrons. The zero-order chi connectivity index (χ0) is 22.3. The van der Waals surface area contributed by atoms with Crippen LogP contribution >= 0.6 is 0 Å². The van der Waals surface area contributed by atoms with Crippen molar-refractivity contribution in [3.05, 3.63) is 59.7 Å². The van der Waals surface area contributed by atoms with Crippen LogP contribution in [-0.4, -0.2) is 77.1 Å². The van der Waals surface area contributed by atoms with Crippen LogP contribution in [0.15, 0.2) is 53.4 Å². The first-order valence-electron chi connectivity index (χ1n) is 10.2. The Kier molecular flexibility index (Phi) is 8.03. The number of ether oxygens (including phenoxy) is 2. The minimum Gasteiger partial charge on any atom is -0.492 e. The maximum Gasteiger partial charge on any atom is 0.251 e. The first-order valence-corrected chi connectivity index (χ1v) is 11.6. The van der Waals surface area contributed by atoms with Crippen molar-refractivity contribution in [3.63, 3.8) is 0 Å². The molecule has 1 heterocycles. The number of amides is 1. The molecule has 1 fully saturated rings. The van der Waals surface area contributed by atoms with Gasteiger partial charge in [0.25, 0.3) is 5.91 Å². The second-order valence-electron chi connectivity index (χ2n) is 7.44. The highest BCUT2D eigenvalue weighted by Gasteiger charge is 2.17. The second kappa shape index (κ2) is 10.7. The molecular formula is C22H29N3O5S. The highest BCUT2D eigenvalue weighted by molar-refractivity contribution is 7.89. The quantitative estimate of drug-likeness (QED) is 0.628. The monoisotopic (exact) mass is 447 g/mol. The summed E-state index contributed by atoms with van der Waals surface area (Å²) in [7, 11) is -0.579. The lowest BCUT2D eigenvalue weighted by molar-refractivity contribution is 0.0322. The van der Waals surface area contributed by atoms with Crippen molar-refractivity contribution in [2.45, 2.75) is 11.4 Å². The molecule has 0 aromatic heterocycles. The third kappa shape index (κ3) is 6.51. The Morgan fingerprint density at radius 2 is 1.84 bits per heavy atom. The van der Waals surface area contributed by atoms with E-state index in [4.69, 9.17) is 9.47 Å². The average molecular weight is 448 g/mol. The number of morpholine rings is 1. The molecule has 1 aliphatic heterocycles. The largest absolute Gasteiger partial charge is 0.492 e. The minimum atomic E-state index is -3.52. The zero-order valence-electron chi connectivity index (χ0n) is 17.9. The van der Waals surface area contributed by atoms with E-state index in [0.29, 0.717) is 18.7 Å². The first kappa shape index (κ1) is 23.2. The van der Waals surface area contributed by atoms with Crippen LogP contribution in [0, 0.1) is 0 Å². The second-order valence-corrected chi connectivity index (χ2v) is 9.60. The van der Waals surface area contributed by atoms with Gasteiger partial charge < -0.3 is 14.8 Å². The molecular weight excluding hydrogens is 418 g/mol. The predicted molar refractivity (Wildman–Crippen MR) is 118 cm³/mol. The molecule has 0 bridgehead atoms. The fourth-order valence-electron chi connectivity index (χ4n) is 3.14. The zero-order valence-corrected chi connectivity index (χ0v) is 18.7. The summed E-state index contributed by atoms with van der Waals surface area (Å²) in [5.74, 6) is 0.491. The first-order chi connectivity index (χ1) is 14.9. The fraction of sp³-hybridized carbons (Fsp3) is 0.409. The van der Waals surface area contributed by atoms with E-state index in [1.165, 1.54) is 38.4 Å². The molecule has 1 N–H and O–H groups in total. The maximum absolute atomic E-state index is 12.4. The summed E-state index contributed by atoms with van der Waals surface area (Å²) >= 11 is 0. The van der Waals surface area contributed by atoms with E-state index in [9.17, 15) is 13.2 Å². The standard InChI is InChI=1S/C22H29N3O5S/c1-24(2)31(27,28)21-8-6-19(7-9-21)22(26)23-17-18-4-3-5-20(16-18)30-15-12-25-10-13-29-14-11-25/h3-9,16H,10-15,17H2,1-2H3,(H,23,26). The van der Waals surface area contributed by atoms with E-state index >= 15 is 0 Å². The van der Waals surface area contributed by atoms with Crippen LogP contribution in [0.4, 0.5) is 0 Å². The molecule has 9 heteroatoms. The minimum absolute atomic E-state index is 0.149. The van der Waals surface area contributed by atoms with Crippen LogP contribution in [0.25, 0.3) is 0 Å². The number of nitrogens with one attached hydrogen (secondary N) is 1. The molecule has 0 aliphatic carbocycles. The van der Waals surface area contributed by atoms with Gasteiger partial charge in [-0.25, -0.2) is 12.7 Å².